The molecule has 0 bridgehead atoms. The average Bonchev–Trinajstić information content (AvgIpc) is 3.07. The van der Waals surface area contributed by atoms with Crippen molar-refractivity contribution in [3.05, 3.63) is 29.3 Å². The molecule has 38 heavy (non-hydrogen) atoms. The molecule has 0 spiro atoms. The zero-order chi connectivity index (χ0) is 27.4. The number of imide groups is 2. The van der Waals surface area contributed by atoms with Gasteiger partial charge in [0.05, 0.1) is 11.1 Å². The van der Waals surface area contributed by atoms with E-state index in [1.165, 1.54) is 0 Å². The molecule has 10 heteroatoms. The quantitative estimate of drug-likeness (QED) is 0.428. The standard InChI is InChI=1S/C28H38N4O6/c1-28(2,3)38-27(37)31-16-6-9-18(10-7-17-31)8-5-15-29-20-12-4-11-19-23(20)26(36)32(25(19)35)21-13-14-22(33)30-24(21)34/h4,11-12,18,21,29H,5-10,13-17H2,1-3H3,(H,30,33,34). The number of fused-ring (bicyclic) bond motifs is 1. The minimum Gasteiger partial charge on any atom is -0.444 e. The van der Waals surface area contributed by atoms with Gasteiger partial charge in [-0.2, -0.15) is 0 Å². The highest BCUT2D eigenvalue weighted by Gasteiger charge is 2.45. The van der Waals surface area contributed by atoms with Gasteiger partial charge < -0.3 is 15.0 Å². The first kappa shape index (κ1) is 27.6. The van der Waals surface area contributed by atoms with Gasteiger partial charge in [-0.25, -0.2) is 4.79 Å². The monoisotopic (exact) mass is 526 g/mol. The van der Waals surface area contributed by atoms with Gasteiger partial charge in [-0.15, -0.1) is 0 Å². The number of carbonyl (C=O) groups is 5. The van der Waals surface area contributed by atoms with E-state index in [0.29, 0.717) is 31.2 Å². The molecule has 1 atom stereocenters. The Bertz CT molecular complexity index is 1100. The maximum Gasteiger partial charge on any atom is 0.410 e. The fourth-order valence-corrected chi connectivity index (χ4v) is 5.47. The van der Waals surface area contributed by atoms with Crippen LogP contribution >= 0.6 is 0 Å². The van der Waals surface area contributed by atoms with E-state index in [-0.39, 0.29) is 30.1 Å². The second-order valence-electron chi connectivity index (χ2n) is 11.4. The number of piperidine rings is 1. The minimum atomic E-state index is -0.974. The van der Waals surface area contributed by atoms with E-state index in [2.05, 4.69) is 10.6 Å². The first-order valence-electron chi connectivity index (χ1n) is 13.6. The smallest absolute Gasteiger partial charge is 0.410 e. The third-order valence-electron chi connectivity index (χ3n) is 7.31. The summed E-state index contributed by atoms with van der Waals surface area (Å²) in [5, 5.41) is 5.55. The van der Waals surface area contributed by atoms with Gasteiger partial charge in [0.25, 0.3) is 11.8 Å². The number of benzene rings is 1. The van der Waals surface area contributed by atoms with Crippen molar-refractivity contribution in [1.29, 1.82) is 0 Å². The maximum atomic E-state index is 13.2. The van der Waals surface area contributed by atoms with Crippen LogP contribution in [0.25, 0.3) is 0 Å². The highest BCUT2D eigenvalue weighted by atomic mass is 16.6. The lowest BCUT2D eigenvalue weighted by atomic mass is 9.91. The van der Waals surface area contributed by atoms with Crippen LogP contribution in [-0.4, -0.2) is 70.8 Å². The van der Waals surface area contributed by atoms with Crippen LogP contribution < -0.4 is 10.6 Å². The Labute approximate surface area is 223 Å². The van der Waals surface area contributed by atoms with Crippen LogP contribution in [-0.2, 0) is 14.3 Å². The van der Waals surface area contributed by atoms with Gasteiger partial charge in [0, 0.05) is 31.7 Å². The van der Waals surface area contributed by atoms with E-state index in [0.717, 1.165) is 43.4 Å². The number of hydrogen-bond acceptors (Lipinski definition) is 7. The third-order valence-corrected chi connectivity index (χ3v) is 7.31. The number of carbonyl (C=O) groups excluding carboxylic acids is 5. The molecule has 2 N–H and O–H groups in total. The van der Waals surface area contributed by atoms with Crippen molar-refractivity contribution in [3.63, 3.8) is 0 Å². The highest BCUT2D eigenvalue weighted by Crippen LogP contribution is 2.32. The molecule has 3 heterocycles. The SMILES string of the molecule is CC(C)(C)OC(=O)N1CCCC(CCCNc2cccc3c2C(=O)N(C2CCC(=O)NC2=O)C3=O)CCC1. The van der Waals surface area contributed by atoms with Crippen molar-refractivity contribution in [3.8, 4) is 0 Å². The number of rotatable bonds is 6. The molecule has 10 nitrogen and oxygen atoms in total. The van der Waals surface area contributed by atoms with Crippen LogP contribution in [0.3, 0.4) is 0 Å². The maximum absolute atomic E-state index is 13.2. The van der Waals surface area contributed by atoms with E-state index in [4.69, 9.17) is 4.74 Å². The Morgan fingerprint density at radius 1 is 1.05 bits per heavy atom. The van der Waals surface area contributed by atoms with E-state index in [1.807, 2.05) is 25.7 Å². The van der Waals surface area contributed by atoms with Gasteiger partial charge in [0.1, 0.15) is 11.6 Å². The summed E-state index contributed by atoms with van der Waals surface area (Å²) >= 11 is 0. The number of anilines is 1. The molecule has 2 saturated heterocycles. The third kappa shape index (κ3) is 6.34. The van der Waals surface area contributed by atoms with Crippen LogP contribution in [0.4, 0.5) is 10.5 Å². The fraction of sp³-hybridized carbons (Fsp3) is 0.607. The van der Waals surface area contributed by atoms with Crippen molar-refractivity contribution < 1.29 is 28.7 Å². The zero-order valence-electron chi connectivity index (χ0n) is 22.5. The van der Waals surface area contributed by atoms with Crippen molar-refractivity contribution >= 4 is 35.4 Å². The summed E-state index contributed by atoms with van der Waals surface area (Å²) in [6, 6.07) is 4.13. The van der Waals surface area contributed by atoms with Gasteiger partial charge >= 0.3 is 6.09 Å². The van der Waals surface area contributed by atoms with Crippen LogP contribution in [0, 0.1) is 5.92 Å². The minimum absolute atomic E-state index is 0.0924. The molecule has 0 aliphatic carbocycles. The Balaban J connectivity index is 1.27. The predicted octanol–water partition coefficient (Wildman–Crippen LogP) is 3.71. The molecular weight excluding hydrogens is 488 g/mol. The fourth-order valence-electron chi connectivity index (χ4n) is 5.47. The first-order valence-corrected chi connectivity index (χ1v) is 13.6. The Hall–Kier alpha value is -3.43. The van der Waals surface area contributed by atoms with Gasteiger partial charge in [-0.05, 0) is 83.8 Å². The van der Waals surface area contributed by atoms with Crippen LogP contribution in [0.1, 0.15) is 92.9 Å². The molecule has 0 radical (unpaired) electrons. The molecular formula is C28H38N4O6. The summed E-state index contributed by atoms with van der Waals surface area (Å²) in [4.78, 5) is 65.2. The van der Waals surface area contributed by atoms with Crippen LogP contribution in [0.15, 0.2) is 18.2 Å². The number of nitrogens with zero attached hydrogens (tertiary/aromatic N) is 2. The molecule has 206 valence electrons. The van der Waals surface area contributed by atoms with Crippen molar-refractivity contribution in [2.75, 3.05) is 25.0 Å². The molecule has 2 fully saturated rings. The summed E-state index contributed by atoms with van der Waals surface area (Å²) in [5.41, 5.74) is 0.658. The normalized spacial score (nSPS) is 21.1. The van der Waals surface area contributed by atoms with Crippen molar-refractivity contribution in [2.24, 2.45) is 5.92 Å². The lowest BCUT2D eigenvalue weighted by Crippen LogP contribution is -2.54. The largest absolute Gasteiger partial charge is 0.444 e. The average molecular weight is 527 g/mol. The van der Waals surface area contributed by atoms with Gasteiger partial charge in [0.2, 0.25) is 11.8 Å². The van der Waals surface area contributed by atoms with E-state index in [9.17, 15) is 24.0 Å². The van der Waals surface area contributed by atoms with Gasteiger partial charge in [-0.1, -0.05) is 6.07 Å². The first-order chi connectivity index (χ1) is 18.0. The lowest BCUT2D eigenvalue weighted by molar-refractivity contribution is -0.136. The Kier molecular flexibility index (Phi) is 8.38. The molecule has 1 aromatic carbocycles. The van der Waals surface area contributed by atoms with Gasteiger partial charge in [-0.3, -0.25) is 29.4 Å². The number of amides is 5. The summed E-state index contributed by atoms with van der Waals surface area (Å²) in [6.45, 7) is 7.71. The van der Waals surface area contributed by atoms with Crippen molar-refractivity contribution in [2.45, 2.75) is 83.8 Å². The van der Waals surface area contributed by atoms with E-state index < -0.39 is 35.3 Å². The summed E-state index contributed by atoms with van der Waals surface area (Å²) in [6.07, 6.45) is 5.91. The summed E-state index contributed by atoms with van der Waals surface area (Å²) in [7, 11) is 0. The number of likely N-dealkylation sites (tertiary alicyclic amines) is 1. The van der Waals surface area contributed by atoms with E-state index >= 15 is 0 Å². The number of ether oxygens (including phenoxy) is 1. The molecule has 0 saturated carbocycles. The van der Waals surface area contributed by atoms with Crippen LogP contribution in [0.2, 0.25) is 0 Å². The molecule has 3 aliphatic rings. The molecule has 5 amide bonds. The molecule has 3 aliphatic heterocycles. The molecule has 0 aromatic heterocycles. The second kappa shape index (κ2) is 11.5. The second-order valence-corrected chi connectivity index (χ2v) is 11.4. The predicted molar refractivity (Wildman–Crippen MR) is 141 cm³/mol. The van der Waals surface area contributed by atoms with Gasteiger partial charge in [0.15, 0.2) is 0 Å². The Morgan fingerprint density at radius 3 is 2.42 bits per heavy atom. The highest BCUT2D eigenvalue weighted by molar-refractivity contribution is 6.25. The van der Waals surface area contributed by atoms with E-state index in [1.54, 1.807) is 18.2 Å². The molecule has 1 aromatic rings. The summed E-state index contributed by atoms with van der Waals surface area (Å²) < 4.78 is 5.52. The lowest BCUT2D eigenvalue weighted by Gasteiger charge is -2.30. The molecule has 1 unspecified atom stereocenters. The number of nitrogens with one attached hydrogen (secondary N) is 2. The molecule has 4 rings (SSSR count). The van der Waals surface area contributed by atoms with Crippen LogP contribution in [0.5, 0.6) is 0 Å². The summed E-state index contributed by atoms with van der Waals surface area (Å²) in [5.74, 6) is -1.44. The number of hydrogen-bond donors (Lipinski definition) is 2. The topological polar surface area (TPSA) is 125 Å². The zero-order valence-corrected chi connectivity index (χ0v) is 22.5. The Morgan fingerprint density at radius 2 is 1.76 bits per heavy atom. The van der Waals surface area contributed by atoms with Crippen molar-refractivity contribution in [1.82, 2.24) is 15.1 Å².